The van der Waals surface area contributed by atoms with Gasteiger partial charge in [0.05, 0.1) is 6.61 Å². The highest BCUT2D eigenvalue weighted by Crippen LogP contribution is 2.39. The average molecular weight is 312 g/mol. The van der Waals surface area contributed by atoms with E-state index >= 15 is 0 Å². The summed E-state index contributed by atoms with van der Waals surface area (Å²) in [5.74, 6) is 1.79. The van der Waals surface area contributed by atoms with Crippen molar-refractivity contribution < 1.29 is 9.13 Å². The van der Waals surface area contributed by atoms with E-state index in [0.29, 0.717) is 23.8 Å². The summed E-state index contributed by atoms with van der Waals surface area (Å²) in [6.07, 6.45) is 8.91. The van der Waals surface area contributed by atoms with Crippen LogP contribution in [0.2, 0.25) is 0 Å². The summed E-state index contributed by atoms with van der Waals surface area (Å²) in [7, 11) is 0. The van der Waals surface area contributed by atoms with Crippen LogP contribution < -0.4 is 4.74 Å². The molecule has 0 saturated heterocycles. The van der Waals surface area contributed by atoms with E-state index in [1.54, 1.807) is 0 Å². The molecule has 3 rings (SSSR count). The fourth-order valence-electron chi connectivity index (χ4n) is 3.75. The Morgan fingerprint density at radius 3 is 2.61 bits per heavy atom. The smallest absolute Gasteiger partial charge is 0.134 e. The lowest BCUT2D eigenvalue weighted by Crippen LogP contribution is -2.13. The Labute approximate surface area is 138 Å². The third-order valence-electron chi connectivity index (χ3n) is 4.94. The van der Waals surface area contributed by atoms with Crippen molar-refractivity contribution in [2.24, 2.45) is 5.92 Å². The third kappa shape index (κ3) is 3.41. The van der Waals surface area contributed by atoms with Crippen LogP contribution in [0.25, 0.3) is 10.8 Å². The van der Waals surface area contributed by atoms with Crippen LogP contribution in [0.5, 0.6) is 5.75 Å². The van der Waals surface area contributed by atoms with Gasteiger partial charge in [-0.1, -0.05) is 24.3 Å². The normalized spacial score (nSPS) is 21.9. The minimum absolute atomic E-state index is 0.0416. The number of rotatable bonds is 4. The zero-order chi connectivity index (χ0) is 16.2. The maximum absolute atomic E-state index is 15.0. The van der Waals surface area contributed by atoms with Crippen LogP contribution in [0.1, 0.15) is 51.0 Å². The van der Waals surface area contributed by atoms with Crippen molar-refractivity contribution in [3.05, 3.63) is 53.9 Å². The molecule has 2 aromatic rings. The molecule has 2 aromatic carbocycles. The summed E-state index contributed by atoms with van der Waals surface area (Å²) < 4.78 is 20.5. The Bertz CT molecular complexity index is 696. The molecule has 1 aliphatic rings. The van der Waals surface area contributed by atoms with E-state index < -0.39 is 0 Å². The fourth-order valence-corrected chi connectivity index (χ4v) is 3.75. The van der Waals surface area contributed by atoms with Crippen LogP contribution in [0.3, 0.4) is 0 Å². The molecule has 0 spiro atoms. The van der Waals surface area contributed by atoms with Crippen LogP contribution in [0, 0.1) is 11.7 Å². The first kappa shape index (κ1) is 16.0. The molecule has 1 fully saturated rings. The molecule has 0 N–H and O–H groups in total. The van der Waals surface area contributed by atoms with Gasteiger partial charge in [-0.2, -0.15) is 0 Å². The second-order valence-corrected chi connectivity index (χ2v) is 6.42. The summed E-state index contributed by atoms with van der Waals surface area (Å²) in [5.41, 5.74) is 0.889. The van der Waals surface area contributed by atoms with E-state index in [2.05, 4.69) is 19.1 Å². The van der Waals surface area contributed by atoms with E-state index in [1.165, 1.54) is 0 Å². The van der Waals surface area contributed by atoms with Gasteiger partial charge in [0.25, 0.3) is 0 Å². The first-order valence-electron chi connectivity index (χ1n) is 8.70. The highest BCUT2D eigenvalue weighted by molar-refractivity contribution is 5.85. The molecule has 0 bridgehead atoms. The monoisotopic (exact) mass is 312 g/mol. The van der Waals surface area contributed by atoms with E-state index in [4.69, 9.17) is 4.74 Å². The summed E-state index contributed by atoms with van der Waals surface area (Å²) in [6.45, 7) is 4.66. The van der Waals surface area contributed by atoms with Crippen molar-refractivity contribution >= 4 is 10.8 Å². The highest BCUT2D eigenvalue weighted by atomic mass is 19.1. The molecule has 0 heterocycles. The second-order valence-electron chi connectivity index (χ2n) is 6.42. The van der Waals surface area contributed by atoms with Crippen molar-refractivity contribution in [2.45, 2.75) is 45.4 Å². The largest absolute Gasteiger partial charge is 0.494 e. The molecule has 1 saturated carbocycles. The predicted octanol–water partition coefficient (Wildman–Crippen LogP) is 6.23. The summed E-state index contributed by atoms with van der Waals surface area (Å²) >= 11 is 0. The molecule has 1 aliphatic carbocycles. The molecular formula is C21H25FO. The standard InChI is InChI=1S/C21H25FO/c1-3-5-15-6-8-16(9-7-15)19-12-10-17-14-18(23-4-2)11-13-20(17)21(19)22/h3,5,10-16H,4,6-9H2,1-2H3/b5-3+. The third-order valence-corrected chi connectivity index (χ3v) is 4.94. The van der Waals surface area contributed by atoms with E-state index in [9.17, 15) is 4.39 Å². The molecular weight excluding hydrogens is 287 g/mol. The average Bonchev–Trinajstić information content (AvgIpc) is 2.57. The number of fused-ring (bicyclic) bond motifs is 1. The number of hydrogen-bond donors (Lipinski definition) is 0. The maximum Gasteiger partial charge on any atom is 0.134 e. The molecule has 0 amide bonds. The van der Waals surface area contributed by atoms with Gasteiger partial charge < -0.3 is 4.74 Å². The predicted molar refractivity (Wildman–Crippen MR) is 94.6 cm³/mol. The number of allylic oxidation sites excluding steroid dienone is 2. The molecule has 0 aromatic heterocycles. The lowest BCUT2D eigenvalue weighted by Gasteiger charge is -2.27. The molecule has 0 radical (unpaired) electrons. The number of ether oxygens (including phenoxy) is 1. The molecule has 0 aliphatic heterocycles. The van der Waals surface area contributed by atoms with E-state index in [1.807, 2.05) is 37.3 Å². The molecule has 122 valence electrons. The number of halogens is 1. The minimum Gasteiger partial charge on any atom is -0.494 e. The Morgan fingerprint density at radius 1 is 1.13 bits per heavy atom. The van der Waals surface area contributed by atoms with Gasteiger partial charge >= 0.3 is 0 Å². The maximum atomic E-state index is 15.0. The first-order valence-corrected chi connectivity index (χ1v) is 8.70. The quantitative estimate of drug-likeness (QED) is 0.608. The number of hydrogen-bond acceptors (Lipinski definition) is 1. The molecule has 1 nitrogen and oxygen atoms in total. The number of benzene rings is 2. The van der Waals surface area contributed by atoms with Gasteiger partial charge in [-0.05, 0) is 80.5 Å². The van der Waals surface area contributed by atoms with Crippen molar-refractivity contribution in [1.82, 2.24) is 0 Å². The molecule has 23 heavy (non-hydrogen) atoms. The lowest BCUT2D eigenvalue weighted by atomic mass is 9.78. The Hall–Kier alpha value is -1.83. The van der Waals surface area contributed by atoms with Gasteiger partial charge in [0.2, 0.25) is 0 Å². The van der Waals surface area contributed by atoms with Crippen molar-refractivity contribution in [2.75, 3.05) is 6.61 Å². The summed E-state index contributed by atoms with van der Waals surface area (Å²) in [5, 5.41) is 1.63. The van der Waals surface area contributed by atoms with Crippen molar-refractivity contribution in [1.29, 1.82) is 0 Å². The van der Waals surface area contributed by atoms with Crippen LogP contribution in [0.15, 0.2) is 42.5 Å². The van der Waals surface area contributed by atoms with Crippen molar-refractivity contribution in [3.63, 3.8) is 0 Å². The van der Waals surface area contributed by atoms with E-state index in [0.717, 1.165) is 42.4 Å². The van der Waals surface area contributed by atoms with Gasteiger partial charge in [-0.15, -0.1) is 0 Å². The zero-order valence-corrected chi connectivity index (χ0v) is 14.0. The van der Waals surface area contributed by atoms with Gasteiger partial charge in [-0.3, -0.25) is 0 Å². The van der Waals surface area contributed by atoms with Crippen LogP contribution in [0.4, 0.5) is 4.39 Å². The highest BCUT2D eigenvalue weighted by Gasteiger charge is 2.23. The van der Waals surface area contributed by atoms with Crippen LogP contribution in [-0.2, 0) is 0 Å². The Morgan fingerprint density at radius 2 is 1.91 bits per heavy atom. The lowest BCUT2D eigenvalue weighted by molar-refractivity contribution is 0.340. The SMILES string of the molecule is C/C=C/C1CCC(c2ccc3cc(OCC)ccc3c2F)CC1. The zero-order valence-electron chi connectivity index (χ0n) is 14.0. The minimum atomic E-state index is -0.0416. The Balaban J connectivity index is 1.85. The van der Waals surface area contributed by atoms with E-state index in [-0.39, 0.29) is 5.82 Å². The van der Waals surface area contributed by atoms with Gasteiger partial charge in [0, 0.05) is 5.39 Å². The van der Waals surface area contributed by atoms with Crippen LogP contribution >= 0.6 is 0 Å². The van der Waals surface area contributed by atoms with Crippen LogP contribution in [-0.4, -0.2) is 6.61 Å². The molecule has 2 heteroatoms. The summed E-state index contributed by atoms with van der Waals surface area (Å²) in [6, 6.07) is 9.66. The topological polar surface area (TPSA) is 9.23 Å². The first-order chi connectivity index (χ1) is 11.2. The van der Waals surface area contributed by atoms with Gasteiger partial charge in [0.15, 0.2) is 0 Å². The van der Waals surface area contributed by atoms with Gasteiger partial charge in [-0.25, -0.2) is 4.39 Å². The van der Waals surface area contributed by atoms with Crippen molar-refractivity contribution in [3.8, 4) is 5.75 Å². The summed E-state index contributed by atoms with van der Waals surface area (Å²) in [4.78, 5) is 0. The fraction of sp³-hybridized carbons (Fsp3) is 0.429. The molecule has 0 unspecified atom stereocenters. The molecule has 0 atom stereocenters. The Kier molecular flexibility index (Phi) is 5.00. The second kappa shape index (κ2) is 7.16. The van der Waals surface area contributed by atoms with Gasteiger partial charge in [0.1, 0.15) is 11.6 Å².